The predicted octanol–water partition coefficient (Wildman–Crippen LogP) is -3.91. The molecule has 0 aliphatic rings. The molecule has 218 valence electrons. The molecular formula is C21H42N10O6S. The Hall–Kier alpha value is -3.31. The minimum absolute atomic E-state index is 0.00423. The molecule has 15 N–H and O–H groups in total. The highest BCUT2D eigenvalue weighted by atomic mass is 32.2. The van der Waals surface area contributed by atoms with Crippen LogP contribution in [0.5, 0.6) is 0 Å². The van der Waals surface area contributed by atoms with E-state index >= 15 is 0 Å². The number of hydrogen-bond acceptors (Lipinski definition) is 9. The van der Waals surface area contributed by atoms with Crippen LogP contribution in [0.25, 0.3) is 0 Å². The third-order valence-corrected chi connectivity index (χ3v) is 5.81. The number of nitrogens with one attached hydrogen (secondary N) is 3. The first-order valence-corrected chi connectivity index (χ1v) is 13.4. The van der Waals surface area contributed by atoms with E-state index in [1.54, 1.807) is 0 Å². The van der Waals surface area contributed by atoms with Crippen molar-refractivity contribution in [2.45, 2.75) is 69.3 Å². The molecule has 0 saturated carbocycles. The topological polar surface area (TPSA) is 300 Å². The van der Waals surface area contributed by atoms with E-state index < -0.39 is 54.0 Å². The van der Waals surface area contributed by atoms with Crippen molar-refractivity contribution >= 4 is 47.4 Å². The monoisotopic (exact) mass is 562 g/mol. The molecule has 0 fully saturated rings. The molecule has 0 aliphatic carbocycles. The van der Waals surface area contributed by atoms with E-state index in [9.17, 15) is 29.4 Å². The SMILES string of the molecule is CSCCC(N)C(=O)NC(CCCN=C(N)N)C(=O)NC(C(=O)NC(CCCN=C(N)N)C(=O)O)C(C)O. The minimum atomic E-state index is -1.51. The van der Waals surface area contributed by atoms with Crippen molar-refractivity contribution in [3.63, 3.8) is 0 Å². The summed E-state index contributed by atoms with van der Waals surface area (Å²) in [6, 6.07) is -4.81. The van der Waals surface area contributed by atoms with Crippen LogP contribution in [-0.4, -0.2) is 101 Å². The Balaban J connectivity index is 5.47. The number of aliphatic carboxylic acids is 1. The van der Waals surface area contributed by atoms with Crippen molar-refractivity contribution in [2.24, 2.45) is 38.7 Å². The van der Waals surface area contributed by atoms with E-state index in [1.807, 2.05) is 6.26 Å². The summed E-state index contributed by atoms with van der Waals surface area (Å²) in [6.07, 6.45) is 1.51. The zero-order chi connectivity index (χ0) is 29.3. The standard InChI is InChI=1S/C21H42N10O6S/c1-11(32)15(18(35)30-14(19(36)37)6-4-9-28-21(25)26)31-17(34)13(5-3-8-27-20(23)24)29-16(33)12(22)7-10-38-2/h11-15,32H,3-10,22H2,1-2H3,(H,29,33)(H,30,35)(H,31,34)(H,36,37)(H4,23,24,27)(H4,25,26,28). The zero-order valence-corrected chi connectivity index (χ0v) is 22.6. The molecule has 0 saturated heterocycles. The number of rotatable bonds is 19. The molecule has 3 amide bonds. The summed E-state index contributed by atoms with van der Waals surface area (Å²) >= 11 is 1.51. The third kappa shape index (κ3) is 15.1. The largest absolute Gasteiger partial charge is 0.480 e. The van der Waals surface area contributed by atoms with Gasteiger partial charge in [-0.1, -0.05) is 0 Å². The molecular weight excluding hydrogens is 520 g/mol. The van der Waals surface area contributed by atoms with Crippen LogP contribution in [0.15, 0.2) is 9.98 Å². The second-order valence-electron chi connectivity index (χ2n) is 8.47. The molecule has 0 rings (SSSR count). The number of carbonyl (C=O) groups is 4. The molecule has 0 aromatic carbocycles. The Bertz CT molecular complexity index is 833. The van der Waals surface area contributed by atoms with Crippen LogP contribution in [0.2, 0.25) is 0 Å². The normalized spacial score (nSPS) is 14.6. The van der Waals surface area contributed by atoms with E-state index in [0.717, 1.165) is 0 Å². The fraction of sp³-hybridized carbons (Fsp3) is 0.714. The lowest BCUT2D eigenvalue weighted by molar-refractivity contribution is -0.143. The molecule has 0 spiro atoms. The van der Waals surface area contributed by atoms with Gasteiger partial charge in [-0.2, -0.15) is 11.8 Å². The Kier molecular flexibility index (Phi) is 17.2. The van der Waals surface area contributed by atoms with Crippen molar-refractivity contribution in [3.8, 4) is 0 Å². The molecule has 5 atom stereocenters. The lowest BCUT2D eigenvalue weighted by Gasteiger charge is -2.26. The van der Waals surface area contributed by atoms with Crippen molar-refractivity contribution < 1.29 is 29.4 Å². The van der Waals surface area contributed by atoms with Gasteiger partial charge in [0.05, 0.1) is 12.1 Å². The van der Waals surface area contributed by atoms with Gasteiger partial charge in [0.1, 0.15) is 18.1 Å². The first-order valence-electron chi connectivity index (χ1n) is 12.0. The lowest BCUT2D eigenvalue weighted by Crippen LogP contribution is -2.59. The van der Waals surface area contributed by atoms with Crippen molar-refractivity contribution in [1.29, 1.82) is 0 Å². The second kappa shape index (κ2) is 18.9. The summed E-state index contributed by atoms with van der Waals surface area (Å²) in [5, 5.41) is 26.9. The quantitative estimate of drug-likeness (QED) is 0.0410. The molecule has 0 aromatic rings. The van der Waals surface area contributed by atoms with Gasteiger partial charge in [0, 0.05) is 13.1 Å². The number of aliphatic imine (C=N–C) groups is 2. The fourth-order valence-corrected chi connectivity index (χ4v) is 3.60. The average Bonchev–Trinajstić information content (AvgIpc) is 2.83. The smallest absolute Gasteiger partial charge is 0.326 e. The van der Waals surface area contributed by atoms with Crippen LogP contribution < -0.4 is 44.6 Å². The van der Waals surface area contributed by atoms with Gasteiger partial charge in [0.15, 0.2) is 11.9 Å². The summed E-state index contributed by atoms with van der Waals surface area (Å²) in [5.41, 5.74) is 27.0. The molecule has 16 nitrogen and oxygen atoms in total. The number of carboxylic acid groups (broad SMARTS) is 1. The van der Waals surface area contributed by atoms with E-state index in [0.29, 0.717) is 18.6 Å². The first kappa shape index (κ1) is 34.7. The van der Waals surface area contributed by atoms with Crippen LogP contribution >= 0.6 is 11.8 Å². The van der Waals surface area contributed by atoms with Crippen molar-refractivity contribution in [1.82, 2.24) is 16.0 Å². The number of nitrogens with two attached hydrogens (primary N) is 5. The zero-order valence-electron chi connectivity index (χ0n) is 21.8. The van der Waals surface area contributed by atoms with Gasteiger partial charge >= 0.3 is 5.97 Å². The average molecular weight is 563 g/mol. The highest BCUT2D eigenvalue weighted by Gasteiger charge is 2.32. The molecule has 0 aliphatic heterocycles. The van der Waals surface area contributed by atoms with Crippen LogP contribution in [0, 0.1) is 0 Å². The summed E-state index contributed by atoms with van der Waals surface area (Å²) < 4.78 is 0. The van der Waals surface area contributed by atoms with E-state index in [2.05, 4.69) is 25.9 Å². The highest BCUT2D eigenvalue weighted by Crippen LogP contribution is 2.06. The number of guanidine groups is 2. The predicted molar refractivity (Wildman–Crippen MR) is 146 cm³/mol. The summed E-state index contributed by atoms with van der Waals surface area (Å²) in [6.45, 7) is 1.59. The van der Waals surface area contributed by atoms with Crippen LogP contribution in [0.4, 0.5) is 0 Å². The van der Waals surface area contributed by atoms with Crippen molar-refractivity contribution in [2.75, 3.05) is 25.1 Å². The molecule has 0 aromatic heterocycles. The number of amides is 3. The Morgan fingerprint density at radius 1 is 0.816 bits per heavy atom. The Morgan fingerprint density at radius 2 is 1.32 bits per heavy atom. The van der Waals surface area contributed by atoms with Gasteiger partial charge in [0.2, 0.25) is 17.7 Å². The molecule has 0 radical (unpaired) electrons. The summed E-state index contributed by atoms with van der Waals surface area (Å²) in [4.78, 5) is 57.6. The maximum Gasteiger partial charge on any atom is 0.326 e. The first-order chi connectivity index (χ1) is 17.8. The minimum Gasteiger partial charge on any atom is -0.480 e. The molecule has 0 heterocycles. The maximum atomic E-state index is 13.1. The van der Waals surface area contributed by atoms with Gasteiger partial charge in [0.25, 0.3) is 0 Å². The number of aliphatic hydroxyl groups excluding tert-OH is 1. The Morgan fingerprint density at radius 3 is 1.76 bits per heavy atom. The highest BCUT2D eigenvalue weighted by molar-refractivity contribution is 7.98. The van der Waals surface area contributed by atoms with Crippen LogP contribution in [0.3, 0.4) is 0 Å². The number of thioether (sulfide) groups is 1. The number of hydrogen-bond donors (Lipinski definition) is 10. The fourth-order valence-electron chi connectivity index (χ4n) is 3.11. The summed E-state index contributed by atoms with van der Waals surface area (Å²) in [7, 11) is 0. The maximum absolute atomic E-state index is 13.1. The van der Waals surface area contributed by atoms with Gasteiger partial charge in [-0.3, -0.25) is 24.4 Å². The summed E-state index contributed by atoms with van der Waals surface area (Å²) in [5.74, 6) is -3.23. The van der Waals surface area contributed by atoms with Gasteiger partial charge in [-0.15, -0.1) is 0 Å². The number of carboxylic acids is 1. The van der Waals surface area contributed by atoms with E-state index in [4.69, 9.17) is 28.7 Å². The molecule has 0 bridgehead atoms. The van der Waals surface area contributed by atoms with Crippen molar-refractivity contribution in [3.05, 3.63) is 0 Å². The van der Waals surface area contributed by atoms with E-state index in [-0.39, 0.29) is 44.3 Å². The lowest BCUT2D eigenvalue weighted by atomic mass is 10.1. The number of nitrogens with zero attached hydrogens (tertiary/aromatic N) is 2. The molecule has 17 heteroatoms. The van der Waals surface area contributed by atoms with Gasteiger partial charge in [-0.05, 0) is 51.0 Å². The van der Waals surface area contributed by atoms with Crippen LogP contribution in [-0.2, 0) is 19.2 Å². The van der Waals surface area contributed by atoms with Gasteiger partial charge < -0.3 is 54.8 Å². The third-order valence-electron chi connectivity index (χ3n) is 5.17. The van der Waals surface area contributed by atoms with E-state index in [1.165, 1.54) is 18.7 Å². The molecule has 5 unspecified atom stereocenters. The van der Waals surface area contributed by atoms with Gasteiger partial charge in [-0.25, -0.2) is 4.79 Å². The number of carbonyl (C=O) groups excluding carboxylic acids is 3. The van der Waals surface area contributed by atoms with Crippen LogP contribution in [0.1, 0.15) is 39.0 Å². The second-order valence-corrected chi connectivity index (χ2v) is 9.46. The number of aliphatic hydroxyl groups is 1. The Labute approximate surface area is 226 Å². The molecule has 38 heavy (non-hydrogen) atoms.